The van der Waals surface area contributed by atoms with Gasteiger partial charge in [-0.25, -0.2) is 18.3 Å². The Hall–Kier alpha value is -3.75. The monoisotopic (exact) mass is 414 g/mol. The summed E-state index contributed by atoms with van der Waals surface area (Å²) < 4.78 is 33.4. The average molecular weight is 414 g/mol. The van der Waals surface area contributed by atoms with Gasteiger partial charge < -0.3 is 15.4 Å². The number of ether oxygens (including phenoxy) is 1. The first kappa shape index (κ1) is 21.0. The van der Waals surface area contributed by atoms with Crippen molar-refractivity contribution in [1.82, 2.24) is 15.1 Å². The highest BCUT2D eigenvalue weighted by Gasteiger charge is 2.09. The van der Waals surface area contributed by atoms with Crippen LogP contribution in [0.25, 0.3) is 11.3 Å². The molecule has 0 atom stereocenters. The number of carbonyl (C=O) groups excluding carboxylic acids is 1. The van der Waals surface area contributed by atoms with Crippen molar-refractivity contribution in [2.45, 2.75) is 13.5 Å². The van der Waals surface area contributed by atoms with Crippen LogP contribution in [0.2, 0.25) is 0 Å². The van der Waals surface area contributed by atoms with Crippen molar-refractivity contribution >= 4 is 11.7 Å². The molecule has 3 rings (SSSR count). The van der Waals surface area contributed by atoms with Crippen LogP contribution in [0.1, 0.15) is 6.92 Å². The highest BCUT2D eigenvalue weighted by molar-refractivity contribution is 5.89. The largest absolute Gasteiger partial charge is 0.494 e. The fourth-order valence-corrected chi connectivity index (χ4v) is 2.69. The van der Waals surface area contributed by atoms with Crippen LogP contribution in [-0.4, -0.2) is 29.0 Å². The number of urea groups is 1. The Labute approximate surface area is 171 Å². The Bertz CT molecular complexity index is 1080. The van der Waals surface area contributed by atoms with E-state index in [2.05, 4.69) is 15.7 Å². The molecule has 0 saturated heterocycles. The lowest BCUT2D eigenvalue weighted by Crippen LogP contribution is -2.34. The fourth-order valence-electron chi connectivity index (χ4n) is 2.69. The maximum Gasteiger partial charge on any atom is 0.319 e. The van der Waals surface area contributed by atoms with E-state index in [0.29, 0.717) is 12.3 Å². The molecular weight excluding hydrogens is 394 g/mol. The molecule has 0 unspecified atom stereocenters. The predicted molar refractivity (Wildman–Crippen MR) is 108 cm³/mol. The molecule has 7 nitrogen and oxygen atoms in total. The molecule has 9 heteroatoms. The van der Waals surface area contributed by atoms with Crippen LogP contribution in [0, 0.1) is 11.6 Å². The van der Waals surface area contributed by atoms with Crippen LogP contribution in [-0.2, 0) is 6.54 Å². The zero-order valence-electron chi connectivity index (χ0n) is 16.2. The van der Waals surface area contributed by atoms with Gasteiger partial charge in [0.15, 0.2) is 0 Å². The van der Waals surface area contributed by atoms with Gasteiger partial charge in [0.2, 0.25) is 0 Å². The van der Waals surface area contributed by atoms with Crippen LogP contribution in [0.4, 0.5) is 19.3 Å². The van der Waals surface area contributed by atoms with Gasteiger partial charge in [0.1, 0.15) is 17.4 Å². The topological polar surface area (TPSA) is 85.2 Å². The normalized spacial score (nSPS) is 10.5. The number of halogens is 2. The van der Waals surface area contributed by atoms with Crippen molar-refractivity contribution in [2.75, 3.05) is 18.5 Å². The lowest BCUT2D eigenvalue weighted by atomic mass is 10.1. The summed E-state index contributed by atoms with van der Waals surface area (Å²) >= 11 is 0. The summed E-state index contributed by atoms with van der Waals surface area (Å²) in [6.45, 7) is 2.62. The molecule has 156 valence electrons. The predicted octanol–water partition coefficient (Wildman–Crippen LogP) is 3.41. The summed E-state index contributed by atoms with van der Waals surface area (Å²) in [5.41, 5.74) is 0.784. The van der Waals surface area contributed by atoms with Gasteiger partial charge in [-0.1, -0.05) is 0 Å². The Kier molecular flexibility index (Phi) is 6.74. The van der Waals surface area contributed by atoms with E-state index in [4.69, 9.17) is 4.74 Å². The molecule has 0 fully saturated rings. The van der Waals surface area contributed by atoms with Gasteiger partial charge in [0.25, 0.3) is 5.56 Å². The molecule has 0 aliphatic rings. The summed E-state index contributed by atoms with van der Waals surface area (Å²) in [5, 5.41) is 9.01. The molecule has 2 N–H and O–H groups in total. The maximum atomic E-state index is 13.6. The first-order chi connectivity index (χ1) is 14.5. The summed E-state index contributed by atoms with van der Waals surface area (Å²) in [7, 11) is 0. The number of benzene rings is 2. The molecule has 1 heterocycles. The van der Waals surface area contributed by atoms with Crippen LogP contribution >= 0.6 is 0 Å². The number of anilines is 1. The van der Waals surface area contributed by atoms with Crippen LogP contribution < -0.4 is 20.9 Å². The first-order valence-electron chi connectivity index (χ1n) is 9.27. The van der Waals surface area contributed by atoms with Gasteiger partial charge in [-0.2, -0.15) is 5.10 Å². The van der Waals surface area contributed by atoms with Crippen molar-refractivity contribution in [2.24, 2.45) is 0 Å². The molecule has 2 aromatic carbocycles. The number of carbonyl (C=O) groups is 1. The molecule has 0 bridgehead atoms. The lowest BCUT2D eigenvalue weighted by Gasteiger charge is -2.10. The van der Waals surface area contributed by atoms with Crippen LogP contribution in [0.5, 0.6) is 5.75 Å². The van der Waals surface area contributed by atoms with E-state index in [9.17, 15) is 18.4 Å². The second kappa shape index (κ2) is 9.64. The Morgan fingerprint density at radius 1 is 1.10 bits per heavy atom. The standard InChI is InChI=1S/C21H20F2N4O3/c1-2-30-16-6-3-14(4-7-16)18-9-10-20(28)27(26-18)12-11-24-21(29)25-19-13-15(22)5-8-17(19)23/h3-10,13H,2,11-12H2,1H3,(H2,24,25,29). The van der Waals surface area contributed by atoms with Crippen molar-refractivity contribution in [3.63, 3.8) is 0 Å². The Morgan fingerprint density at radius 2 is 1.87 bits per heavy atom. The zero-order valence-corrected chi connectivity index (χ0v) is 16.2. The van der Waals surface area contributed by atoms with Crippen molar-refractivity contribution in [1.29, 1.82) is 0 Å². The number of aromatic nitrogens is 2. The molecule has 3 aromatic rings. The first-order valence-corrected chi connectivity index (χ1v) is 9.27. The van der Waals surface area contributed by atoms with E-state index in [-0.39, 0.29) is 24.3 Å². The van der Waals surface area contributed by atoms with Crippen molar-refractivity contribution in [3.05, 3.63) is 76.6 Å². The number of hydrogen-bond donors (Lipinski definition) is 2. The minimum atomic E-state index is -0.757. The minimum Gasteiger partial charge on any atom is -0.494 e. The van der Waals surface area contributed by atoms with Gasteiger partial charge in [-0.3, -0.25) is 4.79 Å². The molecule has 0 saturated carbocycles. The van der Waals surface area contributed by atoms with Gasteiger partial charge in [0.05, 0.1) is 24.5 Å². The quantitative estimate of drug-likeness (QED) is 0.621. The molecule has 0 aliphatic heterocycles. The van der Waals surface area contributed by atoms with Crippen molar-refractivity contribution in [3.8, 4) is 17.0 Å². The van der Waals surface area contributed by atoms with E-state index >= 15 is 0 Å². The smallest absolute Gasteiger partial charge is 0.319 e. The van der Waals surface area contributed by atoms with E-state index in [1.165, 1.54) is 10.7 Å². The highest BCUT2D eigenvalue weighted by Crippen LogP contribution is 2.20. The van der Waals surface area contributed by atoms with E-state index in [1.807, 2.05) is 31.2 Å². The van der Waals surface area contributed by atoms with Crippen LogP contribution in [0.3, 0.4) is 0 Å². The molecule has 0 aliphatic carbocycles. The third-order valence-electron chi connectivity index (χ3n) is 4.11. The van der Waals surface area contributed by atoms with Gasteiger partial charge >= 0.3 is 6.03 Å². The average Bonchev–Trinajstić information content (AvgIpc) is 2.73. The van der Waals surface area contributed by atoms with Gasteiger partial charge in [0, 0.05) is 24.2 Å². The van der Waals surface area contributed by atoms with E-state index in [1.54, 1.807) is 6.07 Å². The fraction of sp³-hybridized carbons (Fsp3) is 0.190. The maximum absolute atomic E-state index is 13.6. The van der Waals surface area contributed by atoms with E-state index in [0.717, 1.165) is 29.5 Å². The summed E-state index contributed by atoms with van der Waals surface area (Å²) in [4.78, 5) is 23.9. The highest BCUT2D eigenvalue weighted by atomic mass is 19.1. The number of amides is 2. The molecule has 1 aromatic heterocycles. The lowest BCUT2D eigenvalue weighted by molar-refractivity contribution is 0.251. The van der Waals surface area contributed by atoms with Gasteiger partial charge in [-0.15, -0.1) is 0 Å². The molecule has 30 heavy (non-hydrogen) atoms. The Balaban J connectivity index is 1.61. The second-order valence-electron chi connectivity index (χ2n) is 6.24. The SMILES string of the molecule is CCOc1ccc(-c2ccc(=O)n(CCNC(=O)Nc3cc(F)ccc3F)n2)cc1. The molecular formula is C21H20F2N4O3. The number of nitrogens with one attached hydrogen (secondary N) is 2. The third-order valence-corrected chi connectivity index (χ3v) is 4.11. The summed E-state index contributed by atoms with van der Waals surface area (Å²) in [6.07, 6.45) is 0. The Morgan fingerprint density at radius 3 is 2.60 bits per heavy atom. The number of rotatable bonds is 7. The number of hydrogen-bond acceptors (Lipinski definition) is 4. The van der Waals surface area contributed by atoms with Crippen LogP contribution in [0.15, 0.2) is 59.4 Å². The molecule has 0 radical (unpaired) electrons. The van der Waals surface area contributed by atoms with Gasteiger partial charge in [-0.05, 0) is 49.4 Å². The molecule has 2 amide bonds. The summed E-state index contributed by atoms with van der Waals surface area (Å²) in [5.74, 6) is -0.694. The molecule has 0 spiro atoms. The second-order valence-corrected chi connectivity index (χ2v) is 6.24. The number of nitrogens with zero attached hydrogens (tertiary/aromatic N) is 2. The van der Waals surface area contributed by atoms with E-state index < -0.39 is 17.7 Å². The minimum absolute atomic E-state index is 0.0579. The summed E-state index contributed by atoms with van der Waals surface area (Å²) in [6, 6.07) is 12.3. The zero-order chi connectivity index (χ0) is 21.5. The third kappa shape index (κ3) is 5.40. The van der Waals surface area contributed by atoms with Crippen molar-refractivity contribution < 1.29 is 18.3 Å².